The zero-order chi connectivity index (χ0) is 18.1. The van der Waals surface area contributed by atoms with Gasteiger partial charge >= 0.3 is 0 Å². The van der Waals surface area contributed by atoms with Gasteiger partial charge in [-0.15, -0.1) is 0 Å². The minimum atomic E-state index is -0.0263. The fourth-order valence-corrected chi connectivity index (χ4v) is 4.37. The number of carbonyl (C=O) groups excluding carboxylic acids is 1. The molecule has 1 nitrogen and oxygen atoms in total. The van der Waals surface area contributed by atoms with E-state index in [1.165, 1.54) is 10.8 Å². The summed E-state index contributed by atoms with van der Waals surface area (Å²) in [6.45, 7) is 0. The fraction of sp³-hybridized carbons (Fsp3) is 0. The van der Waals surface area contributed by atoms with Crippen LogP contribution in [-0.4, -0.2) is 5.78 Å². The summed E-state index contributed by atoms with van der Waals surface area (Å²) in [6, 6.07) is 24.1. The van der Waals surface area contributed by atoms with Crippen LogP contribution in [0.25, 0.3) is 27.6 Å². The van der Waals surface area contributed by atoms with Gasteiger partial charge in [-0.25, -0.2) is 0 Å². The summed E-state index contributed by atoms with van der Waals surface area (Å²) >= 11 is 7.20. The van der Waals surface area contributed by atoms with Crippen LogP contribution in [0.2, 0.25) is 0 Å². The highest BCUT2D eigenvalue weighted by molar-refractivity contribution is 9.11. The van der Waals surface area contributed by atoms with Crippen LogP contribution in [0.5, 0.6) is 0 Å². The molecule has 3 heteroatoms. The van der Waals surface area contributed by atoms with Crippen molar-refractivity contribution >= 4 is 65.3 Å². The van der Waals surface area contributed by atoms with Crippen LogP contribution >= 0.6 is 31.9 Å². The Labute approximate surface area is 168 Å². The van der Waals surface area contributed by atoms with Crippen molar-refractivity contribution in [2.75, 3.05) is 0 Å². The third kappa shape index (κ3) is 3.02. The Morgan fingerprint density at radius 3 is 1.92 bits per heavy atom. The normalized spacial score (nSPS) is 11.5. The number of halogens is 2. The van der Waals surface area contributed by atoms with Gasteiger partial charge in [0, 0.05) is 14.5 Å². The maximum atomic E-state index is 12.6. The van der Waals surface area contributed by atoms with E-state index in [4.69, 9.17) is 0 Å². The molecule has 0 saturated carbocycles. The average molecular weight is 466 g/mol. The van der Waals surface area contributed by atoms with Gasteiger partial charge in [0.1, 0.15) is 0 Å². The molecule has 0 saturated heterocycles. The predicted octanol–water partition coefficient (Wildman–Crippen LogP) is 7.41. The second kappa shape index (κ2) is 7.18. The second-order valence-corrected chi connectivity index (χ2v) is 7.64. The molecule has 4 rings (SSSR count). The molecule has 0 aliphatic carbocycles. The smallest absolute Gasteiger partial charge is 0.186 e. The van der Waals surface area contributed by atoms with Crippen molar-refractivity contribution in [2.45, 2.75) is 0 Å². The first-order chi connectivity index (χ1) is 12.7. The topological polar surface area (TPSA) is 17.1 Å². The SMILES string of the molecule is O=C(/C=C/c1c(Br)c2ccccc2c2ccccc12)c1ccccc1Br. The number of allylic oxidation sites excluding steroid dienone is 1. The molecule has 26 heavy (non-hydrogen) atoms. The van der Waals surface area contributed by atoms with Gasteiger partial charge in [0.15, 0.2) is 5.78 Å². The van der Waals surface area contributed by atoms with E-state index < -0.39 is 0 Å². The molecule has 4 aromatic rings. The molecule has 0 spiro atoms. The molecule has 0 atom stereocenters. The van der Waals surface area contributed by atoms with Crippen molar-refractivity contribution in [1.82, 2.24) is 0 Å². The third-order valence-corrected chi connectivity index (χ3v) is 5.99. The molecule has 0 unspecified atom stereocenters. The van der Waals surface area contributed by atoms with Gasteiger partial charge in [0.25, 0.3) is 0 Å². The summed E-state index contributed by atoms with van der Waals surface area (Å²) in [5.74, 6) is -0.0263. The third-order valence-electron chi connectivity index (χ3n) is 4.45. The highest BCUT2D eigenvalue weighted by Crippen LogP contribution is 2.37. The fourth-order valence-electron chi connectivity index (χ4n) is 3.20. The minimum absolute atomic E-state index is 0.0263. The molecule has 0 fully saturated rings. The Morgan fingerprint density at radius 1 is 0.692 bits per heavy atom. The van der Waals surface area contributed by atoms with Crippen molar-refractivity contribution in [2.24, 2.45) is 0 Å². The zero-order valence-corrected chi connectivity index (χ0v) is 16.9. The Kier molecular flexibility index (Phi) is 4.75. The minimum Gasteiger partial charge on any atom is -0.289 e. The maximum Gasteiger partial charge on any atom is 0.186 e. The van der Waals surface area contributed by atoms with Crippen molar-refractivity contribution in [3.8, 4) is 0 Å². The monoisotopic (exact) mass is 464 g/mol. The van der Waals surface area contributed by atoms with E-state index in [1.807, 2.05) is 54.6 Å². The lowest BCUT2D eigenvalue weighted by Crippen LogP contribution is -1.95. The number of fused-ring (bicyclic) bond motifs is 3. The van der Waals surface area contributed by atoms with E-state index in [1.54, 1.807) is 6.08 Å². The van der Waals surface area contributed by atoms with Gasteiger partial charge < -0.3 is 0 Å². The Morgan fingerprint density at radius 2 is 1.23 bits per heavy atom. The number of benzene rings is 4. The molecular weight excluding hydrogens is 452 g/mol. The quantitative estimate of drug-likeness (QED) is 0.175. The average Bonchev–Trinajstić information content (AvgIpc) is 2.68. The number of hydrogen-bond donors (Lipinski definition) is 0. The van der Waals surface area contributed by atoms with E-state index in [-0.39, 0.29) is 5.78 Å². The molecule has 0 heterocycles. The van der Waals surface area contributed by atoms with Gasteiger partial charge in [-0.05, 0) is 67.3 Å². The lowest BCUT2D eigenvalue weighted by atomic mass is 9.96. The van der Waals surface area contributed by atoms with Gasteiger partial charge in [0.05, 0.1) is 0 Å². The van der Waals surface area contributed by atoms with Crippen LogP contribution in [0.15, 0.2) is 87.8 Å². The first-order valence-corrected chi connectivity index (χ1v) is 9.81. The lowest BCUT2D eigenvalue weighted by molar-refractivity contribution is 0.104. The maximum absolute atomic E-state index is 12.6. The molecule has 126 valence electrons. The van der Waals surface area contributed by atoms with Gasteiger partial charge in [-0.1, -0.05) is 76.6 Å². The molecule has 0 N–H and O–H groups in total. The number of ketones is 1. The molecule has 4 aromatic carbocycles. The number of carbonyl (C=O) groups is 1. The Bertz CT molecular complexity index is 1180. The first kappa shape index (κ1) is 17.2. The van der Waals surface area contributed by atoms with Crippen LogP contribution in [0.1, 0.15) is 15.9 Å². The van der Waals surface area contributed by atoms with Gasteiger partial charge in [0.2, 0.25) is 0 Å². The Balaban J connectivity index is 1.89. The van der Waals surface area contributed by atoms with Crippen molar-refractivity contribution < 1.29 is 4.79 Å². The summed E-state index contributed by atoms with van der Waals surface area (Å²) in [6.07, 6.45) is 3.54. The van der Waals surface area contributed by atoms with E-state index >= 15 is 0 Å². The molecule has 0 amide bonds. The molecule has 0 aliphatic rings. The van der Waals surface area contributed by atoms with Crippen molar-refractivity contribution in [3.63, 3.8) is 0 Å². The molecular formula is C23H14Br2O. The largest absolute Gasteiger partial charge is 0.289 e. The van der Waals surface area contributed by atoms with Crippen LogP contribution < -0.4 is 0 Å². The predicted molar refractivity (Wildman–Crippen MR) is 117 cm³/mol. The highest BCUT2D eigenvalue weighted by atomic mass is 79.9. The summed E-state index contributed by atoms with van der Waals surface area (Å²) in [5, 5.41) is 4.64. The van der Waals surface area contributed by atoms with Crippen LogP contribution in [0.3, 0.4) is 0 Å². The molecule has 0 aromatic heterocycles. The second-order valence-electron chi connectivity index (χ2n) is 6.00. The van der Waals surface area contributed by atoms with E-state index in [0.717, 1.165) is 25.3 Å². The summed E-state index contributed by atoms with van der Waals surface area (Å²) < 4.78 is 1.81. The van der Waals surface area contributed by atoms with Crippen molar-refractivity contribution in [1.29, 1.82) is 0 Å². The summed E-state index contributed by atoms with van der Waals surface area (Å²) in [5.41, 5.74) is 1.67. The van der Waals surface area contributed by atoms with Gasteiger partial charge in [-0.2, -0.15) is 0 Å². The van der Waals surface area contributed by atoms with Crippen LogP contribution in [0.4, 0.5) is 0 Å². The number of rotatable bonds is 3. The van der Waals surface area contributed by atoms with Crippen LogP contribution in [-0.2, 0) is 0 Å². The molecule has 0 radical (unpaired) electrons. The molecule has 0 aliphatic heterocycles. The van der Waals surface area contributed by atoms with E-state index in [2.05, 4.69) is 56.1 Å². The first-order valence-electron chi connectivity index (χ1n) is 8.22. The zero-order valence-electron chi connectivity index (χ0n) is 13.7. The summed E-state index contributed by atoms with van der Waals surface area (Å²) in [4.78, 5) is 12.6. The summed E-state index contributed by atoms with van der Waals surface area (Å²) in [7, 11) is 0. The lowest BCUT2D eigenvalue weighted by Gasteiger charge is -2.11. The van der Waals surface area contributed by atoms with Gasteiger partial charge in [-0.3, -0.25) is 4.79 Å². The van der Waals surface area contributed by atoms with E-state index in [9.17, 15) is 4.79 Å². The number of hydrogen-bond acceptors (Lipinski definition) is 1. The standard InChI is InChI=1S/C23H14Br2O/c24-21-12-6-5-11-20(21)22(26)14-13-19-17-9-2-1-7-15(17)16-8-3-4-10-18(16)23(19)25/h1-14H/b14-13+. The molecule has 0 bridgehead atoms. The van der Waals surface area contributed by atoms with Crippen molar-refractivity contribution in [3.05, 3.63) is 98.9 Å². The Hall–Kier alpha value is -2.23. The van der Waals surface area contributed by atoms with Crippen LogP contribution in [0, 0.1) is 0 Å². The highest BCUT2D eigenvalue weighted by Gasteiger charge is 2.11. The van der Waals surface area contributed by atoms with E-state index in [0.29, 0.717) is 5.56 Å².